The molecule has 0 bridgehead atoms. The van der Waals surface area contributed by atoms with E-state index in [-0.39, 0.29) is 5.91 Å². The normalized spacial score (nSPS) is 28.6. The van der Waals surface area contributed by atoms with Crippen molar-refractivity contribution in [3.05, 3.63) is 29.3 Å². The summed E-state index contributed by atoms with van der Waals surface area (Å²) in [5.74, 6) is 1.52. The topological polar surface area (TPSA) is 44.4 Å². The summed E-state index contributed by atoms with van der Waals surface area (Å²) in [5.41, 5.74) is 3.30. The molecule has 2 aliphatic rings. The van der Waals surface area contributed by atoms with Gasteiger partial charge in [-0.15, -0.1) is 0 Å². The number of amides is 1. The van der Waals surface area contributed by atoms with Gasteiger partial charge in [0, 0.05) is 18.3 Å². The van der Waals surface area contributed by atoms with E-state index >= 15 is 0 Å². The molecule has 114 valence electrons. The highest BCUT2D eigenvalue weighted by atomic mass is 16.2. The first-order chi connectivity index (χ1) is 10.1. The summed E-state index contributed by atoms with van der Waals surface area (Å²) >= 11 is 0. The van der Waals surface area contributed by atoms with Crippen molar-refractivity contribution in [1.82, 2.24) is 10.2 Å². The molecule has 2 fully saturated rings. The van der Waals surface area contributed by atoms with Gasteiger partial charge in [-0.25, -0.2) is 0 Å². The maximum absolute atomic E-state index is 12.3. The first-order valence-corrected chi connectivity index (χ1v) is 7.87. The van der Waals surface area contributed by atoms with Crippen LogP contribution in [0.15, 0.2) is 18.2 Å². The van der Waals surface area contributed by atoms with Crippen molar-refractivity contribution in [2.45, 2.75) is 26.8 Å². The van der Waals surface area contributed by atoms with Gasteiger partial charge < -0.3 is 10.6 Å². The molecule has 0 aromatic heterocycles. The number of nitrogens with zero attached hydrogens (tertiary/aromatic N) is 1. The number of benzene rings is 1. The van der Waals surface area contributed by atoms with Gasteiger partial charge >= 0.3 is 0 Å². The average molecular weight is 287 g/mol. The van der Waals surface area contributed by atoms with Crippen molar-refractivity contribution in [3.63, 3.8) is 0 Å². The second-order valence-corrected chi connectivity index (χ2v) is 6.55. The molecular formula is C17H25N3O. The molecule has 0 aliphatic carbocycles. The molecule has 4 heteroatoms. The summed E-state index contributed by atoms with van der Waals surface area (Å²) in [6, 6.07) is 6.54. The quantitative estimate of drug-likeness (QED) is 0.891. The molecule has 1 aromatic rings. The Hall–Kier alpha value is -1.39. The first kappa shape index (κ1) is 14.5. The largest absolute Gasteiger partial charge is 0.325 e. The van der Waals surface area contributed by atoms with Crippen LogP contribution in [0, 0.1) is 25.7 Å². The minimum absolute atomic E-state index is 0.100. The van der Waals surface area contributed by atoms with Crippen LogP contribution >= 0.6 is 0 Å². The third-order valence-corrected chi connectivity index (χ3v) is 5.28. The highest BCUT2D eigenvalue weighted by Gasteiger charge is 2.42. The minimum atomic E-state index is 0.100. The predicted octanol–water partition coefficient (Wildman–Crippen LogP) is 1.78. The second kappa shape index (κ2) is 5.78. The zero-order valence-corrected chi connectivity index (χ0v) is 13.1. The van der Waals surface area contributed by atoms with Crippen LogP contribution in [0.5, 0.6) is 0 Å². The fourth-order valence-electron chi connectivity index (χ4n) is 3.73. The van der Waals surface area contributed by atoms with Gasteiger partial charge in [-0.1, -0.05) is 12.1 Å². The molecule has 4 nitrogen and oxygen atoms in total. The Kier molecular flexibility index (Phi) is 4.00. The fourth-order valence-corrected chi connectivity index (χ4v) is 3.73. The maximum Gasteiger partial charge on any atom is 0.238 e. The Labute approximate surface area is 126 Å². The standard InChI is InChI=1S/C17H25N3O/c1-11-5-4-6-16(12(11)2)19-17(21)10-20-9-14-7-18-8-15(14)13(20)3/h4-6,13-15,18H,7-10H2,1-3H3,(H,19,21). The fraction of sp³-hybridized carbons (Fsp3) is 0.588. The number of hydrogen-bond donors (Lipinski definition) is 2. The van der Waals surface area contributed by atoms with Gasteiger partial charge in [-0.2, -0.15) is 0 Å². The van der Waals surface area contributed by atoms with E-state index in [0.29, 0.717) is 24.4 Å². The lowest BCUT2D eigenvalue weighted by Gasteiger charge is -2.23. The van der Waals surface area contributed by atoms with E-state index in [1.54, 1.807) is 0 Å². The van der Waals surface area contributed by atoms with Gasteiger partial charge in [0.05, 0.1) is 6.54 Å². The van der Waals surface area contributed by atoms with E-state index in [1.807, 2.05) is 12.1 Å². The van der Waals surface area contributed by atoms with Gasteiger partial charge in [0.2, 0.25) is 5.91 Å². The average Bonchev–Trinajstić information content (AvgIpc) is 3.00. The number of aryl methyl sites for hydroxylation is 1. The lowest BCUT2D eigenvalue weighted by Crippen LogP contribution is -2.39. The van der Waals surface area contributed by atoms with Gasteiger partial charge in [-0.05, 0) is 62.9 Å². The van der Waals surface area contributed by atoms with Crippen LogP contribution in [0.4, 0.5) is 5.69 Å². The molecule has 0 spiro atoms. The SMILES string of the molecule is Cc1cccc(NC(=O)CN2CC3CNCC3C2C)c1C. The molecular weight excluding hydrogens is 262 g/mol. The van der Waals surface area contributed by atoms with E-state index < -0.39 is 0 Å². The van der Waals surface area contributed by atoms with Crippen molar-refractivity contribution in [2.75, 3.05) is 31.5 Å². The van der Waals surface area contributed by atoms with E-state index in [4.69, 9.17) is 0 Å². The number of nitrogens with one attached hydrogen (secondary N) is 2. The molecule has 3 atom stereocenters. The number of carbonyl (C=O) groups is 1. The minimum Gasteiger partial charge on any atom is -0.325 e. The summed E-state index contributed by atoms with van der Waals surface area (Å²) in [5, 5.41) is 6.52. The van der Waals surface area contributed by atoms with Gasteiger partial charge in [0.15, 0.2) is 0 Å². The summed E-state index contributed by atoms with van der Waals surface area (Å²) in [4.78, 5) is 14.7. The zero-order chi connectivity index (χ0) is 15.0. The molecule has 0 saturated carbocycles. The summed E-state index contributed by atoms with van der Waals surface area (Å²) in [7, 11) is 0. The molecule has 3 rings (SSSR count). The number of anilines is 1. The molecule has 1 amide bonds. The van der Waals surface area contributed by atoms with E-state index in [0.717, 1.165) is 30.9 Å². The number of rotatable bonds is 3. The molecule has 1 aromatic carbocycles. The Bertz CT molecular complexity index is 543. The first-order valence-electron chi connectivity index (χ1n) is 7.87. The summed E-state index contributed by atoms with van der Waals surface area (Å²) in [6.45, 7) is 10.1. The van der Waals surface area contributed by atoms with Crippen molar-refractivity contribution in [1.29, 1.82) is 0 Å². The number of likely N-dealkylation sites (tertiary alicyclic amines) is 1. The Morgan fingerprint density at radius 1 is 1.38 bits per heavy atom. The third-order valence-electron chi connectivity index (χ3n) is 5.28. The highest BCUT2D eigenvalue weighted by Crippen LogP contribution is 2.32. The Balaban J connectivity index is 1.61. The molecule has 21 heavy (non-hydrogen) atoms. The second-order valence-electron chi connectivity index (χ2n) is 6.55. The Morgan fingerprint density at radius 2 is 2.19 bits per heavy atom. The lowest BCUT2D eigenvalue weighted by molar-refractivity contribution is -0.117. The van der Waals surface area contributed by atoms with Crippen LogP contribution in [-0.2, 0) is 4.79 Å². The van der Waals surface area contributed by atoms with Crippen LogP contribution in [0.3, 0.4) is 0 Å². The predicted molar refractivity (Wildman–Crippen MR) is 85.4 cm³/mol. The smallest absolute Gasteiger partial charge is 0.238 e. The summed E-state index contributed by atoms with van der Waals surface area (Å²) < 4.78 is 0. The Morgan fingerprint density at radius 3 is 2.95 bits per heavy atom. The van der Waals surface area contributed by atoms with Crippen LogP contribution in [0.25, 0.3) is 0 Å². The van der Waals surface area contributed by atoms with Gasteiger partial charge in [-0.3, -0.25) is 9.69 Å². The van der Waals surface area contributed by atoms with Gasteiger partial charge in [0.1, 0.15) is 0 Å². The van der Waals surface area contributed by atoms with Crippen molar-refractivity contribution >= 4 is 11.6 Å². The van der Waals surface area contributed by atoms with Crippen LogP contribution < -0.4 is 10.6 Å². The molecule has 3 unspecified atom stereocenters. The number of hydrogen-bond acceptors (Lipinski definition) is 3. The van der Waals surface area contributed by atoms with Crippen LogP contribution in [0.2, 0.25) is 0 Å². The van der Waals surface area contributed by atoms with Crippen LogP contribution in [-0.4, -0.2) is 43.0 Å². The number of fused-ring (bicyclic) bond motifs is 1. The highest BCUT2D eigenvalue weighted by molar-refractivity contribution is 5.93. The van der Waals surface area contributed by atoms with Crippen LogP contribution in [0.1, 0.15) is 18.1 Å². The van der Waals surface area contributed by atoms with E-state index in [2.05, 4.69) is 42.4 Å². The molecule has 0 radical (unpaired) electrons. The maximum atomic E-state index is 12.3. The molecule has 2 aliphatic heterocycles. The molecule has 2 heterocycles. The monoisotopic (exact) mass is 287 g/mol. The number of carbonyl (C=O) groups excluding carboxylic acids is 1. The van der Waals surface area contributed by atoms with Gasteiger partial charge in [0.25, 0.3) is 0 Å². The lowest BCUT2D eigenvalue weighted by atomic mass is 9.95. The van der Waals surface area contributed by atoms with Crippen molar-refractivity contribution in [2.24, 2.45) is 11.8 Å². The molecule has 2 saturated heterocycles. The molecule has 2 N–H and O–H groups in total. The van der Waals surface area contributed by atoms with E-state index in [9.17, 15) is 4.79 Å². The zero-order valence-electron chi connectivity index (χ0n) is 13.1. The van der Waals surface area contributed by atoms with E-state index in [1.165, 1.54) is 5.56 Å². The van der Waals surface area contributed by atoms with Crippen molar-refractivity contribution < 1.29 is 4.79 Å². The summed E-state index contributed by atoms with van der Waals surface area (Å²) in [6.07, 6.45) is 0. The van der Waals surface area contributed by atoms with Crippen molar-refractivity contribution in [3.8, 4) is 0 Å². The third kappa shape index (κ3) is 2.83.